The highest BCUT2D eigenvalue weighted by atomic mass is 35.5. The van der Waals surface area contributed by atoms with E-state index in [9.17, 15) is 0 Å². The van der Waals surface area contributed by atoms with Gasteiger partial charge in [0.25, 0.3) is 0 Å². The first-order valence-corrected chi connectivity index (χ1v) is 7.05. The van der Waals surface area contributed by atoms with Gasteiger partial charge in [-0.2, -0.15) is 0 Å². The number of alkyl halides is 1. The van der Waals surface area contributed by atoms with Gasteiger partial charge >= 0.3 is 0 Å². The van der Waals surface area contributed by atoms with E-state index in [4.69, 9.17) is 26.1 Å². The lowest BCUT2D eigenvalue weighted by molar-refractivity contribution is 0.186. The van der Waals surface area contributed by atoms with Crippen LogP contribution in [0, 0.1) is 0 Å². The number of aromatic nitrogens is 2. The largest absolute Gasteiger partial charge is 0.497 e. The molecule has 2 heterocycles. The van der Waals surface area contributed by atoms with Crippen LogP contribution < -0.4 is 4.74 Å². The van der Waals surface area contributed by atoms with Crippen molar-refractivity contribution >= 4 is 22.6 Å². The van der Waals surface area contributed by atoms with Crippen LogP contribution in [0.2, 0.25) is 0 Å². The van der Waals surface area contributed by atoms with Crippen molar-refractivity contribution in [1.82, 2.24) is 9.55 Å². The number of hydrogen-bond acceptors (Lipinski definition) is 3. The van der Waals surface area contributed by atoms with Gasteiger partial charge in [0.2, 0.25) is 0 Å². The zero-order valence-electron chi connectivity index (χ0n) is 10.9. The van der Waals surface area contributed by atoms with Gasteiger partial charge in [-0.1, -0.05) is 0 Å². The highest BCUT2D eigenvalue weighted by Crippen LogP contribution is 2.29. The van der Waals surface area contributed by atoms with E-state index in [0.29, 0.717) is 11.9 Å². The number of fused-ring (bicyclic) bond motifs is 1. The van der Waals surface area contributed by atoms with Crippen molar-refractivity contribution in [3.63, 3.8) is 0 Å². The van der Waals surface area contributed by atoms with Crippen LogP contribution in [0.25, 0.3) is 11.0 Å². The Balaban J connectivity index is 2.12. The lowest BCUT2D eigenvalue weighted by atomic mass is 10.2. The zero-order valence-corrected chi connectivity index (χ0v) is 11.7. The van der Waals surface area contributed by atoms with E-state index in [-0.39, 0.29) is 0 Å². The topological polar surface area (TPSA) is 36.3 Å². The maximum atomic E-state index is 5.89. The molecule has 3 rings (SSSR count). The number of nitrogens with zero attached hydrogens (tertiary/aromatic N) is 2. The fraction of sp³-hybridized carbons (Fsp3) is 0.500. The van der Waals surface area contributed by atoms with Crippen LogP contribution >= 0.6 is 11.6 Å². The summed E-state index contributed by atoms with van der Waals surface area (Å²) in [5.41, 5.74) is 2.10. The van der Waals surface area contributed by atoms with Gasteiger partial charge in [-0.05, 0) is 18.6 Å². The van der Waals surface area contributed by atoms with Gasteiger partial charge in [0, 0.05) is 25.0 Å². The van der Waals surface area contributed by atoms with Crippen molar-refractivity contribution < 1.29 is 9.47 Å². The molecule has 1 aromatic carbocycles. The lowest BCUT2D eigenvalue weighted by Gasteiger charge is -2.14. The number of rotatable bonds is 4. The Morgan fingerprint density at radius 2 is 2.42 bits per heavy atom. The standard InChI is InChI=1S/C14H17ClN2O2/c1-18-11-2-3-13-12(8-11)16-14(4-6-15)17(13)10-5-7-19-9-10/h2-3,8,10H,4-7,9H2,1H3. The maximum Gasteiger partial charge on any atom is 0.121 e. The van der Waals surface area contributed by atoms with Crippen LogP contribution in [-0.4, -0.2) is 35.8 Å². The molecule has 2 aromatic rings. The van der Waals surface area contributed by atoms with Crippen molar-refractivity contribution in [2.75, 3.05) is 26.2 Å². The van der Waals surface area contributed by atoms with Crippen LogP contribution in [0.4, 0.5) is 0 Å². The van der Waals surface area contributed by atoms with E-state index in [1.165, 1.54) is 0 Å². The molecule has 0 amide bonds. The molecule has 19 heavy (non-hydrogen) atoms. The fourth-order valence-corrected chi connectivity index (χ4v) is 2.82. The second kappa shape index (κ2) is 5.39. The molecule has 4 nitrogen and oxygen atoms in total. The molecule has 0 radical (unpaired) electrons. The smallest absolute Gasteiger partial charge is 0.121 e. The first-order valence-electron chi connectivity index (χ1n) is 6.52. The van der Waals surface area contributed by atoms with E-state index >= 15 is 0 Å². The summed E-state index contributed by atoms with van der Waals surface area (Å²) < 4.78 is 13.0. The van der Waals surface area contributed by atoms with Gasteiger partial charge in [0.15, 0.2) is 0 Å². The summed E-state index contributed by atoms with van der Waals surface area (Å²) in [5, 5.41) is 0. The number of benzene rings is 1. The molecule has 5 heteroatoms. The lowest BCUT2D eigenvalue weighted by Crippen LogP contribution is -2.12. The minimum atomic E-state index is 0.372. The molecule has 0 bridgehead atoms. The zero-order chi connectivity index (χ0) is 13.2. The molecule has 1 saturated heterocycles. The summed E-state index contributed by atoms with van der Waals surface area (Å²) in [6, 6.07) is 6.38. The summed E-state index contributed by atoms with van der Waals surface area (Å²) in [4.78, 5) is 4.70. The molecule has 1 aliphatic heterocycles. The Hall–Kier alpha value is -1.26. The van der Waals surface area contributed by atoms with Crippen molar-refractivity contribution in [3.05, 3.63) is 24.0 Å². The van der Waals surface area contributed by atoms with Crippen LogP contribution in [0.15, 0.2) is 18.2 Å². The summed E-state index contributed by atoms with van der Waals surface area (Å²) >= 11 is 5.89. The average Bonchev–Trinajstić information content (AvgIpc) is 3.04. The molecule has 0 aliphatic carbocycles. The number of methoxy groups -OCH3 is 1. The van der Waals surface area contributed by atoms with Crippen LogP contribution in [0.5, 0.6) is 5.75 Å². The predicted octanol–water partition coefficient (Wildman–Crippen LogP) is 2.79. The molecule has 0 saturated carbocycles. The number of halogens is 1. The predicted molar refractivity (Wildman–Crippen MR) is 75.2 cm³/mol. The Morgan fingerprint density at radius 1 is 1.53 bits per heavy atom. The highest BCUT2D eigenvalue weighted by molar-refractivity contribution is 6.17. The number of aryl methyl sites for hydroxylation is 1. The van der Waals surface area contributed by atoms with Gasteiger partial charge in [0.1, 0.15) is 11.6 Å². The maximum absolute atomic E-state index is 5.89. The van der Waals surface area contributed by atoms with Gasteiger partial charge in [-0.25, -0.2) is 4.98 Å². The Morgan fingerprint density at radius 3 is 3.11 bits per heavy atom. The third-order valence-corrected chi connectivity index (χ3v) is 3.75. The van der Waals surface area contributed by atoms with Gasteiger partial charge in [-0.15, -0.1) is 11.6 Å². The number of imidazole rings is 1. The van der Waals surface area contributed by atoms with Crippen molar-refractivity contribution in [2.24, 2.45) is 0 Å². The van der Waals surface area contributed by atoms with E-state index in [1.807, 2.05) is 12.1 Å². The molecule has 0 spiro atoms. The molecular formula is C14H17ClN2O2. The van der Waals surface area contributed by atoms with E-state index in [2.05, 4.69) is 10.6 Å². The summed E-state index contributed by atoms with van der Waals surface area (Å²) in [7, 11) is 1.67. The SMILES string of the molecule is COc1ccc2c(c1)nc(CCCl)n2C1CCOC1. The quantitative estimate of drug-likeness (QED) is 0.808. The van der Waals surface area contributed by atoms with Crippen LogP contribution in [-0.2, 0) is 11.2 Å². The Kier molecular flexibility index (Phi) is 3.62. The number of ether oxygens (including phenoxy) is 2. The first kappa shape index (κ1) is 12.8. The average molecular weight is 281 g/mol. The molecule has 1 fully saturated rings. The molecule has 1 aromatic heterocycles. The minimum Gasteiger partial charge on any atom is -0.497 e. The fourth-order valence-electron chi connectivity index (χ4n) is 2.65. The van der Waals surface area contributed by atoms with Gasteiger partial charge in [-0.3, -0.25) is 0 Å². The van der Waals surface area contributed by atoms with E-state index < -0.39 is 0 Å². The summed E-state index contributed by atoms with van der Waals surface area (Å²) in [6.07, 6.45) is 1.81. The second-order valence-corrected chi connectivity index (χ2v) is 5.09. The highest BCUT2D eigenvalue weighted by Gasteiger charge is 2.23. The summed E-state index contributed by atoms with van der Waals surface area (Å²) in [5.74, 6) is 2.44. The van der Waals surface area contributed by atoms with Gasteiger partial charge in [0.05, 0.1) is 30.8 Å². The van der Waals surface area contributed by atoms with Crippen LogP contribution in [0.1, 0.15) is 18.3 Å². The monoisotopic (exact) mass is 280 g/mol. The second-order valence-electron chi connectivity index (χ2n) is 4.71. The Labute approximate surface area is 117 Å². The minimum absolute atomic E-state index is 0.372. The Bertz CT molecular complexity index is 576. The summed E-state index contributed by atoms with van der Waals surface area (Å²) in [6.45, 7) is 1.58. The molecule has 1 unspecified atom stereocenters. The van der Waals surface area contributed by atoms with Crippen molar-refractivity contribution in [3.8, 4) is 5.75 Å². The van der Waals surface area contributed by atoms with Crippen molar-refractivity contribution in [1.29, 1.82) is 0 Å². The molecule has 0 N–H and O–H groups in total. The third-order valence-electron chi connectivity index (χ3n) is 3.56. The molecule has 1 atom stereocenters. The van der Waals surface area contributed by atoms with Gasteiger partial charge < -0.3 is 14.0 Å². The van der Waals surface area contributed by atoms with E-state index in [0.717, 1.165) is 48.7 Å². The molecule has 102 valence electrons. The van der Waals surface area contributed by atoms with Crippen molar-refractivity contribution in [2.45, 2.75) is 18.9 Å². The number of hydrogen-bond donors (Lipinski definition) is 0. The molecular weight excluding hydrogens is 264 g/mol. The van der Waals surface area contributed by atoms with Crippen LogP contribution in [0.3, 0.4) is 0 Å². The third kappa shape index (κ3) is 2.30. The molecule has 1 aliphatic rings. The first-order chi connectivity index (χ1) is 9.33. The van der Waals surface area contributed by atoms with E-state index in [1.54, 1.807) is 7.11 Å². The normalized spacial score (nSPS) is 19.2.